The smallest absolute Gasteiger partial charge is 0.223 e. The molecule has 0 spiro atoms. The van der Waals surface area contributed by atoms with Crippen molar-refractivity contribution < 1.29 is 9.59 Å². The number of hydrogen-bond donors (Lipinski definition) is 2. The predicted octanol–water partition coefficient (Wildman–Crippen LogP) is 8.36. The van der Waals surface area contributed by atoms with Crippen LogP contribution in [-0.4, -0.2) is 171 Å². The lowest BCUT2D eigenvalue weighted by Gasteiger charge is -2.36. The van der Waals surface area contributed by atoms with E-state index in [0.29, 0.717) is 44.7 Å². The van der Waals surface area contributed by atoms with Crippen LogP contribution in [0.5, 0.6) is 0 Å². The number of rotatable bonds is 31. The molecule has 2 N–H and O–H groups in total. The van der Waals surface area contributed by atoms with Crippen LogP contribution in [0.4, 0.5) is 0 Å². The van der Waals surface area contributed by atoms with Crippen LogP contribution >= 0.6 is 47.0 Å². The Labute approximate surface area is 376 Å². The van der Waals surface area contributed by atoms with Gasteiger partial charge in [-0.1, -0.05) is 40.5 Å². The molecule has 8 atom stereocenters. The summed E-state index contributed by atoms with van der Waals surface area (Å²) in [6.07, 6.45) is 13.3. The third-order valence-electron chi connectivity index (χ3n) is 12.1. The van der Waals surface area contributed by atoms with Crippen molar-refractivity contribution in [3.05, 3.63) is 0 Å². The molecule has 2 aliphatic carbocycles. The van der Waals surface area contributed by atoms with Crippen LogP contribution in [0.15, 0.2) is 0 Å². The molecule has 2 amide bonds. The van der Waals surface area contributed by atoms with Crippen molar-refractivity contribution in [1.82, 2.24) is 30.2 Å². The molecule has 0 saturated heterocycles. The molecule has 0 heterocycles. The summed E-state index contributed by atoms with van der Waals surface area (Å²) in [6.45, 7) is 15.5. The van der Waals surface area contributed by atoms with E-state index < -0.39 is 0 Å². The zero-order chi connectivity index (χ0) is 43.0. The maximum absolute atomic E-state index is 13.6. The largest absolute Gasteiger partial charge is 0.356 e. The lowest BCUT2D eigenvalue weighted by Crippen LogP contribution is -2.38. The first-order chi connectivity index (χ1) is 27.5. The first-order valence-electron chi connectivity index (χ1n) is 23.1. The second kappa shape index (κ2) is 31.1. The lowest BCUT2D eigenvalue weighted by molar-refractivity contribution is -0.127. The van der Waals surface area contributed by atoms with Crippen LogP contribution in [-0.2, 0) is 9.59 Å². The van der Waals surface area contributed by atoms with Gasteiger partial charge < -0.3 is 30.2 Å². The van der Waals surface area contributed by atoms with Gasteiger partial charge in [-0.2, -0.15) is 47.0 Å². The van der Waals surface area contributed by atoms with Crippen LogP contribution in [0.3, 0.4) is 0 Å². The van der Waals surface area contributed by atoms with Crippen molar-refractivity contribution in [1.29, 1.82) is 0 Å². The summed E-state index contributed by atoms with van der Waals surface area (Å²) in [4.78, 5) is 36.3. The number of unbranched alkanes of at least 4 members (excludes halogenated alkanes) is 3. The molecule has 0 aromatic heterocycles. The third-order valence-corrected chi connectivity index (χ3v) is 17.8. The van der Waals surface area contributed by atoms with E-state index >= 15 is 0 Å². The Morgan fingerprint density at radius 3 is 1.17 bits per heavy atom. The van der Waals surface area contributed by atoms with Crippen molar-refractivity contribution >= 4 is 58.9 Å². The van der Waals surface area contributed by atoms with Crippen molar-refractivity contribution in [3.8, 4) is 0 Å². The van der Waals surface area contributed by atoms with Crippen molar-refractivity contribution in [3.63, 3.8) is 0 Å². The van der Waals surface area contributed by atoms with E-state index in [1.807, 2.05) is 0 Å². The maximum atomic E-state index is 13.6. The van der Waals surface area contributed by atoms with Crippen molar-refractivity contribution in [2.75, 3.05) is 119 Å². The summed E-state index contributed by atoms with van der Waals surface area (Å²) < 4.78 is 0. The molecule has 0 radical (unpaired) electrons. The van der Waals surface area contributed by atoms with E-state index in [2.05, 4.69) is 161 Å². The van der Waals surface area contributed by atoms with Gasteiger partial charge in [-0.15, -0.1) is 0 Å². The first-order valence-corrected chi connectivity index (χ1v) is 27.3. The predicted molar refractivity (Wildman–Crippen MR) is 264 cm³/mol. The van der Waals surface area contributed by atoms with Crippen molar-refractivity contribution in [2.45, 2.75) is 126 Å². The average Bonchev–Trinajstić information content (AvgIpc) is 3.14. The molecule has 2 rings (SSSR count). The van der Waals surface area contributed by atoms with Gasteiger partial charge in [-0.25, -0.2) is 0 Å². The lowest BCUT2D eigenvalue weighted by atomic mass is 9.77. The minimum absolute atomic E-state index is 0.133. The molecule has 8 nitrogen and oxygen atoms in total. The molecule has 0 aliphatic heterocycles. The van der Waals surface area contributed by atoms with E-state index in [0.717, 1.165) is 102 Å². The molecule has 2 aliphatic rings. The van der Waals surface area contributed by atoms with Crippen LogP contribution in [0, 0.1) is 35.5 Å². The van der Waals surface area contributed by atoms with E-state index in [4.69, 9.17) is 0 Å². The highest BCUT2D eigenvalue weighted by Gasteiger charge is 2.36. The highest BCUT2D eigenvalue weighted by Crippen LogP contribution is 2.42. The molecular weight excluding hydrogens is 797 g/mol. The van der Waals surface area contributed by atoms with Crippen LogP contribution < -0.4 is 10.6 Å². The Morgan fingerprint density at radius 2 is 0.845 bits per heavy atom. The quantitative estimate of drug-likeness (QED) is 0.0665. The average molecular weight is 890 g/mol. The van der Waals surface area contributed by atoms with E-state index in [1.165, 1.54) is 37.2 Å². The number of carbonyl (C=O) groups is 2. The number of nitrogens with one attached hydrogen (secondary N) is 2. The highest BCUT2D eigenvalue weighted by atomic mass is 32.2. The molecule has 2 fully saturated rings. The number of thioether (sulfide) groups is 4. The standard InChI is InChI=1S/C46H92N6O2S4/c1-35(2)43(57-25-21-51(9)10)31-37-27-39(33-41(29-37)55-23-19-49(5)6)45(53)47-17-15-13-14-16-18-48-46(54)40-28-38(30-42(34-40)56-24-20-50(7)8)32-44(36(3)4)58-26-22-52(11)12/h35-44H,13-34H2,1-12H3,(H,47,53)(H,48,54). The normalized spacial score (nSPS) is 24.0. The number of carbonyl (C=O) groups excluding carboxylic acids is 2. The summed E-state index contributed by atoms with van der Waals surface area (Å²) in [7, 11) is 17.3. The zero-order valence-corrected chi connectivity index (χ0v) is 42.8. The van der Waals surface area contributed by atoms with Gasteiger partial charge >= 0.3 is 0 Å². The Hall–Kier alpha value is 0.180. The van der Waals surface area contributed by atoms with Crippen molar-refractivity contribution in [2.24, 2.45) is 35.5 Å². The molecule has 12 heteroatoms. The number of hydrogen-bond acceptors (Lipinski definition) is 10. The Kier molecular flexibility index (Phi) is 29.1. The van der Waals surface area contributed by atoms with Gasteiger partial charge in [-0.3, -0.25) is 9.59 Å². The second-order valence-corrected chi connectivity index (χ2v) is 25.0. The molecule has 8 unspecified atom stereocenters. The van der Waals surface area contributed by atoms with E-state index in [-0.39, 0.29) is 23.7 Å². The molecule has 0 aromatic rings. The molecule has 342 valence electrons. The van der Waals surface area contributed by atoms with Crippen LogP contribution in [0.25, 0.3) is 0 Å². The Bertz CT molecular complexity index is 1000. The topological polar surface area (TPSA) is 71.2 Å². The van der Waals surface area contributed by atoms with E-state index in [9.17, 15) is 9.59 Å². The highest BCUT2D eigenvalue weighted by molar-refractivity contribution is 8.00. The SMILES string of the molecule is CC(C)C(CC1CC(SCCN(C)C)CC(C(=O)NCCCCCCNC(=O)C2CC(CC(SCCN(C)C)C(C)C)CC(SCCN(C)C)C2)C1)SCCN(C)C. The molecule has 2 saturated carbocycles. The summed E-state index contributed by atoms with van der Waals surface area (Å²) in [5.74, 6) is 8.01. The fourth-order valence-electron chi connectivity index (χ4n) is 8.46. The van der Waals surface area contributed by atoms with Gasteiger partial charge in [0, 0.05) is 95.1 Å². The van der Waals surface area contributed by atoms with E-state index in [1.54, 1.807) is 0 Å². The van der Waals surface area contributed by atoms with Crippen LogP contribution in [0.1, 0.15) is 105 Å². The summed E-state index contributed by atoms with van der Waals surface area (Å²) in [6, 6.07) is 0. The first kappa shape index (κ1) is 54.3. The minimum atomic E-state index is 0.133. The van der Waals surface area contributed by atoms with Gasteiger partial charge in [0.05, 0.1) is 0 Å². The fourth-order valence-corrected chi connectivity index (χ4v) is 14.8. The number of nitrogens with zero attached hydrogens (tertiary/aromatic N) is 4. The molecule has 0 bridgehead atoms. The number of amides is 2. The minimum Gasteiger partial charge on any atom is -0.356 e. The molecule has 58 heavy (non-hydrogen) atoms. The van der Waals surface area contributed by atoms with Gasteiger partial charge in [0.2, 0.25) is 11.8 Å². The Morgan fingerprint density at radius 1 is 0.500 bits per heavy atom. The van der Waals surface area contributed by atoms with Gasteiger partial charge in [-0.05, 0) is 144 Å². The maximum Gasteiger partial charge on any atom is 0.223 e. The van der Waals surface area contributed by atoms with Crippen LogP contribution in [0.2, 0.25) is 0 Å². The summed E-state index contributed by atoms with van der Waals surface area (Å²) in [5, 5.41) is 9.18. The molecular formula is C46H92N6O2S4. The fraction of sp³-hybridized carbons (Fsp3) is 0.957. The summed E-state index contributed by atoms with van der Waals surface area (Å²) in [5.41, 5.74) is 0. The van der Waals surface area contributed by atoms with Gasteiger partial charge in [0.15, 0.2) is 0 Å². The monoisotopic (exact) mass is 889 g/mol. The molecule has 0 aromatic carbocycles. The van der Waals surface area contributed by atoms with Gasteiger partial charge in [0.1, 0.15) is 0 Å². The third kappa shape index (κ3) is 24.7. The Balaban J connectivity index is 1.81. The second-order valence-electron chi connectivity index (χ2n) is 19.5. The van der Waals surface area contributed by atoms with Gasteiger partial charge in [0.25, 0.3) is 0 Å². The summed E-state index contributed by atoms with van der Waals surface area (Å²) >= 11 is 8.48. The zero-order valence-electron chi connectivity index (χ0n) is 39.6.